The first kappa shape index (κ1) is 15.6. The van der Waals surface area contributed by atoms with Gasteiger partial charge in [-0.2, -0.15) is 0 Å². The van der Waals surface area contributed by atoms with Gasteiger partial charge in [0, 0.05) is 17.0 Å². The van der Waals surface area contributed by atoms with Crippen LogP contribution in [0.25, 0.3) is 21.7 Å². The second-order valence-electron chi connectivity index (χ2n) is 5.96. The van der Waals surface area contributed by atoms with Crippen molar-refractivity contribution in [1.29, 1.82) is 0 Å². The summed E-state index contributed by atoms with van der Waals surface area (Å²) in [5.74, 6) is 0. The number of pyridine rings is 1. The summed E-state index contributed by atoms with van der Waals surface area (Å²) in [6.45, 7) is 1.92. The van der Waals surface area contributed by atoms with Gasteiger partial charge in [0.1, 0.15) is 0 Å². The number of benzene rings is 3. The quantitative estimate of drug-likeness (QED) is 0.555. The van der Waals surface area contributed by atoms with E-state index in [1.165, 1.54) is 0 Å². The second kappa shape index (κ2) is 5.86. The van der Waals surface area contributed by atoms with E-state index in [1.54, 1.807) is 36.5 Å². The maximum Gasteiger partial charge on any atom is 0.261 e. The van der Waals surface area contributed by atoms with Crippen LogP contribution in [0, 0.1) is 6.92 Å². The highest BCUT2D eigenvalue weighted by atomic mass is 32.2. The van der Waals surface area contributed by atoms with Crippen molar-refractivity contribution in [3.8, 4) is 0 Å². The van der Waals surface area contributed by atoms with E-state index in [4.69, 9.17) is 0 Å². The van der Waals surface area contributed by atoms with Crippen LogP contribution < -0.4 is 4.72 Å². The molecule has 1 aromatic heterocycles. The summed E-state index contributed by atoms with van der Waals surface area (Å²) >= 11 is 0. The molecule has 0 fully saturated rings. The molecule has 0 aliphatic carbocycles. The van der Waals surface area contributed by atoms with Crippen LogP contribution in [0.5, 0.6) is 0 Å². The van der Waals surface area contributed by atoms with Crippen LogP contribution in [0.4, 0.5) is 5.69 Å². The van der Waals surface area contributed by atoms with E-state index >= 15 is 0 Å². The number of hydrogen-bond donors (Lipinski definition) is 1. The molecule has 124 valence electrons. The Hall–Kier alpha value is -2.92. The summed E-state index contributed by atoms with van der Waals surface area (Å²) in [7, 11) is -3.65. The van der Waals surface area contributed by atoms with Gasteiger partial charge in [0.15, 0.2) is 0 Å². The van der Waals surface area contributed by atoms with Gasteiger partial charge in [-0.1, -0.05) is 54.1 Å². The van der Waals surface area contributed by atoms with Crippen molar-refractivity contribution in [1.82, 2.24) is 4.98 Å². The number of nitrogens with one attached hydrogen (secondary N) is 1. The SMILES string of the molecule is Cc1ccc(S(=O)(=O)Nc2ccnc3c2ccc2ccccc23)cc1. The molecule has 4 nitrogen and oxygen atoms in total. The number of anilines is 1. The molecular weight excluding hydrogens is 332 g/mol. The number of rotatable bonds is 3. The van der Waals surface area contributed by atoms with E-state index in [1.807, 2.05) is 43.3 Å². The molecule has 0 unspecified atom stereocenters. The molecule has 0 bridgehead atoms. The summed E-state index contributed by atoms with van der Waals surface area (Å²) in [4.78, 5) is 4.69. The first-order chi connectivity index (χ1) is 12.0. The number of aryl methyl sites for hydroxylation is 1. The van der Waals surface area contributed by atoms with E-state index in [2.05, 4.69) is 9.71 Å². The molecule has 0 aliphatic heterocycles. The van der Waals surface area contributed by atoms with E-state index < -0.39 is 10.0 Å². The zero-order valence-corrected chi connectivity index (χ0v) is 14.4. The third kappa shape index (κ3) is 2.83. The van der Waals surface area contributed by atoms with Gasteiger partial charge in [-0.05, 0) is 30.5 Å². The number of fused-ring (bicyclic) bond motifs is 3. The lowest BCUT2D eigenvalue weighted by atomic mass is 10.1. The van der Waals surface area contributed by atoms with E-state index in [0.29, 0.717) is 5.69 Å². The van der Waals surface area contributed by atoms with E-state index in [0.717, 1.165) is 27.2 Å². The number of sulfonamides is 1. The third-order valence-electron chi connectivity index (χ3n) is 4.21. The van der Waals surface area contributed by atoms with Gasteiger partial charge >= 0.3 is 0 Å². The summed E-state index contributed by atoms with van der Waals surface area (Å²) in [5, 5.41) is 2.84. The number of hydrogen-bond acceptors (Lipinski definition) is 3. The van der Waals surface area contributed by atoms with Crippen LogP contribution >= 0.6 is 0 Å². The molecule has 1 heterocycles. The monoisotopic (exact) mass is 348 g/mol. The Kier molecular flexibility index (Phi) is 3.66. The van der Waals surface area contributed by atoms with Crippen LogP contribution in [-0.4, -0.2) is 13.4 Å². The van der Waals surface area contributed by atoms with Gasteiger partial charge in [0.25, 0.3) is 10.0 Å². The largest absolute Gasteiger partial charge is 0.279 e. The fourth-order valence-electron chi connectivity index (χ4n) is 2.90. The average molecular weight is 348 g/mol. The minimum atomic E-state index is -3.65. The van der Waals surface area contributed by atoms with Gasteiger partial charge in [-0.15, -0.1) is 0 Å². The van der Waals surface area contributed by atoms with Crippen LogP contribution in [0.3, 0.4) is 0 Å². The fourth-order valence-corrected chi connectivity index (χ4v) is 3.98. The molecule has 0 radical (unpaired) electrons. The summed E-state index contributed by atoms with van der Waals surface area (Å²) in [6.07, 6.45) is 1.63. The molecule has 0 saturated carbocycles. The Bertz CT molecular complexity index is 1180. The normalized spacial score (nSPS) is 11.7. The highest BCUT2D eigenvalue weighted by Crippen LogP contribution is 2.29. The highest BCUT2D eigenvalue weighted by molar-refractivity contribution is 7.92. The first-order valence-corrected chi connectivity index (χ1v) is 9.39. The maximum atomic E-state index is 12.7. The summed E-state index contributed by atoms with van der Waals surface area (Å²) < 4.78 is 28.1. The molecule has 4 rings (SSSR count). The molecule has 0 amide bonds. The minimum Gasteiger partial charge on any atom is -0.279 e. The fraction of sp³-hybridized carbons (Fsp3) is 0.0500. The molecule has 3 aromatic carbocycles. The first-order valence-electron chi connectivity index (χ1n) is 7.90. The standard InChI is InChI=1S/C20H16N2O2S/c1-14-6-9-16(10-7-14)25(23,24)22-19-12-13-21-20-17-5-3-2-4-15(17)8-11-18(19)20/h2-13H,1H3,(H,21,22). The Balaban J connectivity index is 1.84. The molecule has 0 saturated heterocycles. The van der Waals surface area contributed by atoms with Crippen LogP contribution in [0.2, 0.25) is 0 Å². The molecule has 25 heavy (non-hydrogen) atoms. The van der Waals surface area contributed by atoms with Crippen LogP contribution in [0.15, 0.2) is 77.8 Å². The molecule has 0 spiro atoms. The molecule has 4 aromatic rings. The zero-order valence-electron chi connectivity index (χ0n) is 13.6. The molecular formula is C20H16N2O2S. The third-order valence-corrected chi connectivity index (χ3v) is 5.59. The second-order valence-corrected chi connectivity index (χ2v) is 7.64. The zero-order chi connectivity index (χ0) is 17.4. The van der Waals surface area contributed by atoms with Crippen molar-refractivity contribution >= 4 is 37.4 Å². The van der Waals surface area contributed by atoms with Crippen LogP contribution in [0.1, 0.15) is 5.56 Å². The maximum absolute atomic E-state index is 12.7. The molecule has 1 N–H and O–H groups in total. The van der Waals surface area contributed by atoms with Crippen molar-refractivity contribution in [3.63, 3.8) is 0 Å². The predicted octanol–water partition coefficient (Wildman–Crippen LogP) is 4.50. The Morgan fingerprint density at radius 3 is 2.40 bits per heavy atom. The Labute approximate surface area is 146 Å². The average Bonchev–Trinajstić information content (AvgIpc) is 2.62. The van der Waals surface area contributed by atoms with Crippen molar-refractivity contribution in [3.05, 3.63) is 78.5 Å². The lowest BCUT2D eigenvalue weighted by molar-refractivity contribution is 0.601. The van der Waals surface area contributed by atoms with Gasteiger partial charge in [-0.25, -0.2) is 8.42 Å². The molecule has 0 aliphatic rings. The summed E-state index contributed by atoms with van der Waals surface area (Å²) in [6, 6.07) is 20.3. The number of nitrogens with zero attached hydrogens (tertiary/aromatic N) is 1. The topological polar surface area (TPSA) is 59.1 Å². The van der Waals surface area contributed by atoms with Gasteiger partial charge in [0.05, 0.1) is 16.1 Å². The lowest BCUT2D eigenvalue weighted by Gasteiger charge is -2.12. The van der Waals surface area contributed by atoms with Gasteiger partial charge < -0.3 is 0 Å². The van der Waals surface area contributed by atoms with Crippen molar-refractivity contribution in [2.24, 2.45) is 0 Å². The Morgan fingerprint density at radius 2 is 1.60 bits per heavy atom. The van der Waals surface area contributed by atoms with Gasteiger partial charge in [-0.3, -0.25) is 9.71 Å². The van der Waals surface area contributed by atoms with Crippen molar-refractivity contribution in [2.45, 2.75) is 11.8 Å². The predicted molar refractivity (Wildman–Crippen MR) is 101 cm³/mol. The van der Waals surface area contributed by atoms with Crippen LogP contribution in [-0.2, 0) is 10.0 Å². The van der Waals surface area contributed by atoms with Crippen molar-refractivity contribution < 1.29 is 8.42 Å². The molecule has 5 heteroatoms. The number of aromatic nitrogens is 1. The van der Waals surface area contributed by atoms with Crippen molar-refractivity contribution in [2.75, 3.05) is 4.72 Å². The minimum absolute atomic E-state index is 0.240. The van der Waals surface area contributed by atoms with Gasteiger partial charge in [0.2, 0.25) is 0 Å². The van der Waals surface area contributed by atoms with E-state index in [9.17, 15) is 8.42 Å². The lowest BCUT2D eigenvalue weighted by Crippen LogP contribution is -2.13. The highest BCUT2D eigenvalue weighted by Gasteiger charge is 2.16. The van der Waals surface area contributed by atoms with E-state index in [-0.39, 0.29) is 4.90 Å². The Morgan fingerprint density at radius 1 is 0.840 bits per heavy atom. The smallest absolute Gasteiger partial charge is 0.261 e. The molecule has 0 atom stereocenters. The summed E-state index contributed by atoms with van der Waals surface area (Å²) in [5.41, 5.74) is 2.32.